The van der Waals surface area contributed by atoms with Crippen LogP contribution in [-0.4, -0.2) is 34.1 Å². The van der Waals surface area contributed by atoms with E-state index in [4.69, 9.17) is 9.97 Å². The normalized spacial score (nSPS) is 25.0. The Balaban J connectivity index is 1.69. The molecule has 3 aliphatic rings. The molecule has 1 aromatic rings. The Morgan fingerprint density at radius 1 is 1.14 bits per heavy atom. The number of aryl methyl sites for hydroxylation is 1. The van der Waals surface area contributed by atoms with Crippen LogP contribution in [-0.2, 0) is 17.6 Å². The number of nitrogens with zero attached hydrogens (tertiary/aromatic N) is 3. The monoisotopic (exact) mass is 287 g/mol. The number of hydrogen-bond donors (Lipinski definition) is 1. The second-order valence-corrected chi connectivity index (χ2v) is 6.58. The van der Waals surface area contributed by atoms with E-state index in [-0.39, 0.29) is 5.92 Å². The van der Waals surface area contributed by atoms with Crippen molar-refractivity contribution in [2.75, 3.05) is 18.0 Å². The molecule has 5 nitrogen and oxygen atoms in total. The zero-order valence-corrected chi connectivity index (χ0v) is 12.2. The highest BCUT2D eigenvalue weighted by atomic mass is 16.4. The number of carboxylic acids is 1. The van der Waals surface area contributed by atoms with Crippen LogP contribution in [0.1, 0.15) is 55.1 Å². The third-order valence-electron chi connectivity index (χ3n) is 4.96. The Bertz CT molecular complexity index is 583. The third-order valence-corrected chi connectivity index (χ3v) is 4.96. The van der Waals surface area contributed by atoms with Gasteiger partial charge in [0.1, 0.15) is 11.6 Å². The quantitative estimate of drug-likeness (QED) is 0.922. The van der Waals surface area contributed by atoms with Gasteiger partial charge in [0.25, 0.3) is 0 Å². The zero-order valence-electron chi connectivity index (χ0n) is 12.2. The van der Waals surface area contributed by atoms with Gasteiger partial charge in [-0.15, -0.1) is 0 Å². The van der Waals surface area contributed by atoms with Crippen LogP contribution in [0.2, 0.25) is 0 Å². The van der Waals surface area contributed by atoms with Gasteiger partial charge < -0.3 is 10.0 Å². The van der Waals surface area contributed by atoms with E-state index < -0.39 is 5.97 Å². The highest BCUT2D eigenvalue weighted by Crippen LogP contribution is 2.40. The van der Waals surface area contributed by atoms with Crippen molar-refractivity contribution in [3.8, 4) is 0 Å². The van der Waals surface area contributed by atoms with E-state index in [0.717, 1.165) is 37.4 Å². The molecule has 1 aliphatic heterocycles. The van der Waals surface area contributed by atoms with Crippen LogP contribution in [0.4, 0.5) is 5.82 Å². The molecular weight excluding hydrogens is 266 g/mol. The van der Waals surface area contributed by atoms with Crippen LogP contribution >= 0.6 is 0 Å². The molecule has 112 valence electrons. The first-order valence-corrected chi connectivity index (χ1v) is 8.10. The fourth-order valence-corrected chi connectivity index (χ4v) is 3.53. The molecular formula is C16H21N3O2. The standard InChI is InChI=1S/C16H21N3O2/c20-16(21)11-7-8-19(9-11)15-12-3-1-2-4-13(12)17-14(18-15)10-5-6-10/h10-11H,1-9H2,(H,20,21)/t11-/m1/s1. The smallest absolute Gasteiger partial charge is 0.308 e. The summed E-state index contributed by atoms with van der Waals surface area (Å²) in [6.07, 6.45) is 7.65. The molecule has 0 aromatic carbocycles. The number of fused-ring (bicyclic) bond motifs is 1. The van der Waals surface area contributed by atoms with Crippen LogP contribution in [0.25, 0.3) is 0 Å². The largest absolute Gasteiger partial charge is 0.481 e. The van der Waals surface area contributed by atoms with Gasteiger partial charge in [0.05, 0.1) is 5.92 Å². The molecule has 0 spiro atoms. The van der Waals surface area contributed by atoms with Crippen molar-refractivity contribution >= 4 is 11.8 Å². The topological polar surface area (TPSA) is 66.3 Å². The Kier molecular flexibility index (Phi) is 3.08. The lowest BCUT2D eigenvalue weighted by molar-refractivity contribution is -0.140. The third kappa shape index (κ3) is 2.39. The molecule has 5 heteroatoms. The Morgan fingerprint density at radius 2 is 1.95 bits per heavy atom. The summed E-state index contributed by atoms with van der Waals surface area (Å²) < 4.78 is 0. The second kappa shape index (κ2) is 4.97. The van der Waals surface area contributed by atoms with E-state index in [0.29, 0.717) is 12.5 Å². The number of anilines is 1. The molecule has 2 fully saturated rings. The second-order valence-electron chi connectivity index (χ2n) is 6.58. The molecule has 0 radical (unpaired) electrons. The van der Waals surface area contributed by atoms with Crippen LogP contribution in [0.5, 0.6) is 0 Å². The van der Waals surface area contributed by atoms with E-state index in [1.165, 1.54) is 36.9 Å². The number of aromatic nitrogens is 2. The van der Waals surface area contributed by atoms with Crippen molar-refractivity contribution in [1.82, 2.24) is 9.97 Å². The molecule has 0 unspecified atom stereocenters. The fourth-order valence-electron chi connectivity index (χ4n) is 3.53. The van der Waals surface area contributed by atoms with Crippen molar-refractivity contribution in [3.05, 3.63) is 17.1 Å². The van der Waals surface area contributed by atoms with Gasteiger partial charge in [0.2, 0.25) is 0 Å². The van der Waals surface area contributed by atoms with Crippen molar-refractivity contribution < 1.29 is 9.90 Å². The minimum Gasteiger partial charge on any atom is -0.481 e. The van der Waals surface area contributed by atoms with E-state index in [1.54, 1.807) is 0 Å². The lowest BCUT2D eigenvalue weighted by atomic mass is 9.96. The summed E-state index contributed by atoms with van der Waals surface area (Å²) in [6, 6.07) is 0. The molecule has 1 N–H and O–H groups in total. The predicted octanol–water partition coefficient (Wildman–Crippen LogP) is 2.14. The molecule has 1 atom stereocenters. The van der Waals surface area contributed by atoms with Crippen molar-refractivity contribution in [3.63, 3.8) is 0 Å². The van der Waals surface area contributed by atoms with E-state index in [2.05, 4.69) is 4.90 Å². The fraction of sp³-hybridized carbons (Fsp3) is 0.688. The molecule has 1 aromatic heterocycles. The maximum atomic E-state index is 11.2. The molecule has 2 aliphatic carbocycles. The van der Waals surface area contributed by atoms with Gasteiger partial charge in [-0.2, -0.15) is 0 Å². The maximum absolute atomic E-state index is 11.2. The lowest BCUT2D eigenvalue weighted by Crippen LogP contribution is -2.26. The summed E-state index contributed by atoms with van der Waals surface area (Å²) in [5.41, 5.74) is 2.52. The summed E-state index contributed by atoms with van der Waals surface area (Å²) in [4.78, 5) is 23.0. The Hall–Kier alpha value is -1.65. The number of carbonyl (C=O) groups is 1. The average molecular weight is 287 g/mol. The minimum absolute atomic E-state index is 0.247. The summed E-state index contributed by atoms with van der Waals surface area (Å²) in [6.45, 7) is 1.41. The van der Waals surface area contributed by atoms with Crippen molar-refractivity contribution in [1.29, 1.82) is 0 Å². The van der Waals surface area contributed by atoms with Crippen molar-refractivity contribution in [2.24, 2.45) is 5.92 Å². The first-order valence-electron chi connectivity index (χ1n) is 8.10. The zero-order chi connectivity index (χ0) is 14.4. The maximum Gasteiger partial charge on any atom is 0.308 e. The Morgan fingerprint density at radius 3 is 2.67 bits per heavy atom. The minimum atomic E-state index is -0.678. The summed E-state index contributed by atoms with van der Waals surface area (Å²) in [5, 5.41) is 9.21. The SMILES string of the molecule is O=C(O)[C@@H]1CCN(c2nc(C3CC3)nc3c2CCCC3)C1. The number of hydrogen-bond acceptors (Lipinski definition) is 4. The predicted molar refractivity (Wildman–Crippen MR) is 78.6 cm³/mol. The number of carboxylic acid groups (broad SMARTS) is 1. The van der Waals surface area contributed by atoms with Gasteiger partial charge >= 0.3 is 5.97 Å². The first-order chi connectivity index (χ1) is 10.2. The lowest BCUT2D eigenvalue weighted by Gasteiger charge is -2.25. The molecule has 0 bridgehead atoms. The van der Waals surface area contributed by atoms with Gasteiger partial charge in [0.15, 0.2) is 0 Å². The number of aliphatic carboxylic acids is 1. The van der Waals surface area contributed by atoms with Gasteiger partial charge in [0, 0.05) is 30.3 Å². The van der Waals surface area contributed by atoms with Gasteiger partial charge in [-0.3, -0.25) is 4.79 Å². The van der Waals surface area contributed by atoms with E-state index >= 15 is 0 Å². The number of rotatable bonds is 3. The average Bonchev–Trinajstić information content (AvgIpc) is 3.23. The summed E-state index contributed by atoms with van der Waals surface area (Å²) in [7, 11) is 0. The van der Waals surface area contributed by atoms with Crippen molar-refractivity contribution in [2.45, 2.75) is 50.9 Å². The molecule has 4 rings (SSSR count). The van der Waals surface area contributed by atoms with Gasteiger partial charge in [-0.1, -0.05) is 0 Å². The van der Waals surface area contributed by atoms with Crippen LogP contribution in [0, 0.1) is 5.92 Å². The highest BCUT2D eigenvalue weighted by Gasteiger charge is 2.34. The Labute approximate surface area is 124 Å². The summed E-state index contributed by atoms with van der Waals surface area (Å²) in [5.74, 6) is 1.68. The molecule has 2 heterocycles. The summed E-state index contributed by atoms with van der Waals surface area (Å²) >= 11 is 0. The molecule has 0 amide bonds. The first kappa shape index (κ1) is 13.0. The van der Waals surface area contributed by atoms with Crippen LogP contribution < -0.4 is 4.90 Å². The molecule has 1 saturated heterocycles. The van der Waals surface area contributed by atoms with Gasteiger partial charge in [-0.25, -0.2) is 9.97 Å². The van der Waals surface area contributed by atoms with E-state index in [9.17, 15) is 9.90 Å². The molecule has 21 heavy (non-hydrogen) atoms. The molecule has 1 saturated carbocycles. The van der Waals surface area contributed by atoms with Gasteiger partial charge in [-0.05, 0) is 44.9 Å². The van der Waals surface area contributed by atoms with E-state index in [1.807, 2.05) is 0 Å². The van der Waals surface area contributed by atoms with Crippen LogP contribution in [0.3, 0.4) is 0 Å². The van der Waals surface area contributed by atoms with Crippen LogP contribution in [0.15, 0.2) is 0 Å². The highest BCUT2D eigenvalue weighted by molar-refractivity contribution is 5.72.